The molecule has 0 atom stereocenters. The Bertz CT molecular complexity index is 1110. The molecule has 3 heterocycles. The minimum absolute atomic E-state index is 0.139. The van der Waals surface area contributed by atoms with Crippen LogP contribution >= 0.6 is 11.6 Å². The SMILES string of the molecule is CN1CCn2c(-c3ccc(Cl)cc3F)nc(C(=O)NC3CCN(S(C)(=O)=O)CC3)c2C1. The van der Waals surface area contributed by atoms with Crippen LogP contribution in [0, 0.1) is 5.82 Å². The molecule has 168 valence electrons. The first-order chi connectivity index (χ1) is 14.6. The van der Waals surface area contributed by atoms with Crippen molar-refractivity contribution in [3.05, 3.63) is 40.4 Å². The third-order valence-corrected chi connectivity index (χ3v) is 7.38. The highest BCUT2D eigenvalue weighted by atomic mass is 35.5. The van der Waals surface area contributed by atoms with E-state index in [1.54, 1.807) is 12.1 Å². The van der Waals surface area contributed by atoms with Gasteiger partial charge < -0.3 is 9.88 Å². The normalized spacial score (nSPS) is 18.7. The minimum atomic E-state index is -3.23. The van der Waals surface area contributed by atoms with Crippen LogP contribution in [0.25, 0.3) is 11.4 Å². The second-order valence-electron chi connectivity index (χ2n) is 8.15. The molecule has 2 aliphatic heterocycles. The van der Waals surface area contributed by atoms with Crippen LogP contribution in [-0.2, 0) is 23.1 Å². The fourth-order valence-electron chi connectivity index (χ4n) is 4.14. The van der Waals surface area contributed by atoms with Gasteiger partial charge in [-0.1, -0.05) is 11.6 Å². The van der Waals surface area contributed by atoms with Gasteiger partial charge >= 0.3 is 0 Å². The van der Waals surface area contributed by atoms with E-state index < -0.39 is 15.8 Å². The number of piperidine rings is 1. The first kappa shape index (κ1) is 22.2. The molecule has 0 bridgehead atoms. The molecule has 11 heteroatoms. The van der Waals surface area contributed by atoms with Gasteiger partial charge in [-0.15, -0.1) is 0 Å². The third-order valence-electron chi connectivity index (χ3n) is 5.84. The van der Waals surface area contributed by atoms with Gasteiger partial charge in [0.2, 0.25) is 10.0 Å². The Labute approximate surface area is 186 Å². The summed E-state index contributed by atoms with van der Waals surface area (Å²) in [7, 11) is -1.27. The molecule has 2 aliphatic rings. The van der Waals surface area contributed by atoms with Crippen LogP contribution < -0.4 is 5.32 Å². The maximum atomic E-state index is 14.6. The summed E-state index contributed by atoms with van der Waals surface area (Å²) >= 11 is 5.89. The van der Waals surface area contributed by atoms with Crippen molar-refractivity contribution >= 4 is 27.5 Å². The Hall–Kier alpha value is -2.01. The number of hydrogen-bond acceptors (Lipinski definition) is 5. The van der Waals surface area contributed by atoms with Crippen LogP contribution in [0.5, 0.6) is 0 Å². The number of fused-ring (bicyclic) bond motifs is 1. The molecule has 8 nitrogen and oxygen atoms in total. The number of benzene rings is 1. The van der Waals surface area contributed by atoms with E-state index in [9.17, 15) is 17.6 Å². The van der Waals surface area contributed by atoms with Crippen molar-refractivity contribution in [1.82, 2.24) is 24.1 Å². The van der Waals surface area contributed by atoms with E-state index in [2.05, 4.69) is 15.2 Å². The summed E-state index contributed by atoms with van der Waals surface area (Å²) < 4.78 is 41.3. The molecule has 1 N–H and O–H groups in total. The summed E-state index contributed by atoms with van der Waals surface area (Å²) in [5.74, 6) is -0.397. The first-order valence-electron chi connectivity index (χ1n) is 10.1. The standard InChI is InChI=1S/C20H25ClFN5O3S/c1-25-9-10-27-17(12-25)18(24-19(27)15-4-3-13(21)11-16(15)22)20(28)23-14-5-7-26(8-6-14)31(2,29)30/h3-4,11,14H,5-10,12H2,1-2H3,(H,23,28). The molecule has 0 unspecified atom stereocenters. The summed E-state index contributed by atoms with van der Waals surface area (Å²) in [4.78, 5) is 19.7. The Morgan fingerprint density at radius 2 is 1.94 bits per heavy atom. The minimum Gasteiger partial charge on any atom is -0.348 e. The topological polar surface area (TPSA) is 87.5 Å². The lowest BCUT2D eigenvalue weighted by Gasteiger charge is -2.30. The third kappa shape index (κ3) is 4.62. The van der Waals surface area contributed by atoms with E-state index in [1.807, 2.05) is 11.6 Å². The van der Waals surface area contributed by atoms with E-state index in [4.69, 9.17) is 11.6 Å². The van der Waals surface area contributed by atoms with Crippen molar-refractivity contribution in [3.63, 3.8) is 0 Å². The largest absolute Gasteiger partial charge is 0.348 e. The summed E-state index contributed by atoms with van der Waals surface area (Å²) in [6, 6.07) is 4.28. The molecule has 4 rings (SSSR count). The van der Waals surface area contributed by atoms with Crippen LogP contribution in [0.4, 0.5) is 4.39 Å². The molecule has 0 saturated carbocycles. The van der Waals surface area contributed by atoms with Crippen molar-refractivity contribution in [2.45, 2.75) is 32.0 Å². The zero-order valence-corrected chi connectivity index (χ0v) is 19.0. The number of likely N-dealkylation sites (N-methyl/N-ethyl adjacent to an activating group) is 1. The van der Waals surface area contributed by atoms with Crippen molar-refractivity contribution in [2.75, 3.05) is 32.9 Å². The number of sulfonamides is 1. The first-order valence-corrected chi connectivity index (χ1v) is 12.4. The van der Waals surface area contributed by atoms with Gasteiger partial charge in [-0.25, -0.2) is 22.1 Å². The van der Waals surface area contributed by atoms with Crippen molar-refractivity contribution in [2.24, 2.45) is 0 Å². The van der Waals surface area contributed by atoms with Gasteiger partial charge in [-0.2, -0.15) is 0 Å². The van der Waals surface area contributed by atoms with Gasteiger partial charge in [0.1, 0.15) is 11.6 Å². The Morgan fingerprint density at radius 1 is 1.23 bits per heavy atom. The molecule has 1 amide bonds. The predicted molar refractivity (Wildman–Crippen MR) is 116 cm³/mol. The molecule has 0 radical (unpaired) electrons. The number of amides is 1. The van der Waals surface area contributed by atoms with Gasteiger partial charge in [-0.3, -0.25) is 9.69 Å². The number of hydrogen-bond donors (Lipinski definition) is 1. The van der Waals surface area contributed by atoms with Gasteiger partial charge in [0.15, 0.2) is 5.69 Å². The number of imidazole rings is 1. The highest BCUT2D eigenvalue weighted by Crippen LogP contribution is 2.29. The molecule has 1 aromatic carbocycles. The number of aromatic nitrogens is 2. The highest BCUT2D eigenvalue weighted by molar-refractivity contribution is 7.88. The van der Waals surface area contributed by atoms with Crippen molar-refractivity contribution in [1.29, 1.82) is 0 Å². The summed E-state index contributed by atoms with van der Waals surface area (Å²) in [5, 5.41) is 3.29. The van der Waals surface area contributed by atoms with Crippen molar-refractivity contribution in [3.8, 4) is 11.4 Å². The van der Waals surface area contributed by atoms with E-state index in [1.165, 1.54) is 16.6 Å². The average Bonchev–Trinajstić information content (AvgIpc) is 3.06. The van der Waals surface area contributed by atoms with Gasteiger partial charge in [-0.05, 0) is 38.1 Å². The van der Waals surface area contributed by atoms with Gasteiger partial charge in [0.25, 0.3) is 5.91 Å². The second kappa shape index (κ2) is 8.50. The van der Waals surface area contributed by atoms with Crippen LogP contribution in [0.3, 0.4) is 0 Å². The number of halogens is 2. The summed E-state index contributed by atoms with van der Waals surface area (Å²) in [6.45, 7) is 2.62. The quantitative estimate of drug-likeness (QED) is 0.739. The molecule has 1 fully saturated rings. The zero-order valence-electron chi connectivity index (χ0n) is 17.4. The average molecular weight is 470 g/mol. The molecule has 0 spiro atoms. The molecule has 1 saturated heterocycles. The summed E-state index contributed by atoms with van der Waals surface area (Å²) in [5.41, 5.74) is 1.32. The number of nitrogens with one attached hydrogen (secondary N) is 1. The molecular weight excluding hydrogens is 445 g/mol. The lowest BCUT2D eigenvalue weighted by Crippen LogP contribution is -2.46. The Kier molecular flexibility index (Phi) is 6.08. The second-order valence-corrected chi connectivity index (χ2v) is 10.6. The molecule has 1 aromatic heterocycles. The van der Waals surface area contributed by atoms with Crippen LogP contribution in [-0.4, -0.2) is 72.1 Å². The Balaban J connectivity index is 1.60. The van der Waals surface area contributed by atoms with E-state index >= 15 is 0 Å². The number of rotatable bonds is 4. The number of carbonyl (C=O) groups excluding carboxylic acids is 1. The van der Waals surface area contributed by atoms with Crippen LogP contribution in [0.2, 0.25) is 5.02 Å². The van der Waals surface area contributed by atoms with Crippen molar-refractivity contribution < 1.29 is 17.6 Å². The fourth-order valence-corrected chi connectivity index (χ4v) is 5.17. The van der Waals surface area contributed by atoms with E-state index in [0.717, 1.165) is 12.2 Å². The van der Waals surface area contributed by atoms with Gasteiger partial charge in [0, 0.05) is 43.8 Å². The highest BCUT2D eigenvalue weighted by Gasteiger charge is 2.30. The van der Waals surface area contributed by atoms with E-state index in [0.29, 0.717) is 55.4 Å². The van der Waals surface area contributed by atoms with E-state index in [-0.39, 0.29) is 17.6 Å². The van der Waals surface area contributed by atoms with Crippen LogP contribution in [0.1, 0.15) is 29.0 Å². The molecule has 2 aromatic rings. The lowest BCUT2D eigenvalue weighted by atomic mass is 10.1. The molecular formula is C20H25ClFN5O3S. The fraction of sp³-hybridized carbons (Fsp3) is 0.500. The van der Waals surface area contributed by atoms with Gasteiger partial charge in [0.05, 0.1) is 17.5 Å². The summed E-state index contributed by atoms with van der Waals surface area (Å²) in [6.07, 6.45) is 2.26. The lowest BCUT2D eigenvalue weighted by molar-refractivity contribution is 0.0916. The maximum Gasteiger partial charge on any atom is 0.272 e. The zero-order chi connectivity index (χ0) is 22.3. The smallest absolute Gasteiger partial charge is 0.272 e. The Morgan fingerprint density at radius 3 is 2.58 bits per heavy atom. The monoisotopic (exact) mass is 469 g/mol. The predicted octanol–water partition coefficient (Wildman–Crippen LogP) is 1.94. The van der Waals surface area contributed by atoms with Crippen LogP contribution in [0.15, 0.2) is 18.2 Å². The number of nitrogens with zero attached hydrogens (tertiary/aromatic N) is 4. The molecule has 0 aliphatic carbocycles. The molecule has 31 heavy (non-hydrogen) atoms. The number of carbonyl (C=O) groups is 1. The maximum absolute atomic E-state index is 14.6.